The molecule has 0 saturated heterocycles. The molecular formula is C25H36Cl2F3N3O4. The van der Waals surface area contributed by atoms with Crippen LogP contribution in [0, 0.1) is 0 Å². The minimum atomic E-state index is -4.51. The number of methoxy groups -OCH3 is 2. The topological polar surface area (TPSA) is 62.3 Å². The molecule has 210 valence electrons. The van der Waals surface area contributed by atoms with Crippen LogP contribution in [0.2, 0.25) is 0 Å². The minimum absolute atomic E-state index is 0. The predicted molar refractivity (Wildman–Crippen MR) is 141 cm³/mol. The summed E-state index contributed by atoms with van der Waals surface area (Å²) < 4.78 is 49.9. The van der Waals surface area contributed by atoms with Gasteiger partial charge in [-0.05, 0) is 45.9 Å². The number of halogens is 5. The molecule has 0 amide bonds. The first-order valence-electron chi connectivity index (χ1n) is 11.2. The van der Waals surface area contributed by atoms with Crippen LogP contribution in [0.1, 0.15) is 29.9 Å². The van der Waals surface area contributed by atoms with E-state index in [1.54, 1.807) is 7.05 Å². The zero-order chi connectivity index (χ0) is 26.5. The molecule has 0 aliphatic carbocycles. The van der Waals surface area contributed by atoms with Gasteiger partial charge in [0.25, 0.3) is 0 Å². The SMILES string of the molecule is COC(=O)C1=C(CCN(C)C)N(C)C(CCN(C)C)=C(C(=O)OC)C1c1ccc(C(F)(F)F)cc1.Cl.Cl. The largest absolute Gasteiger partial charge is 0.466 e. The van der Waals surface area contributed by atoms with E-state index < -0.39 is 29.6 Å². The van der Waals surface area contributed by atoms with E-state index in [-0.39, 0.29) is 36.0 Å². The van der Waals surface area contributed by atoms with E-state index in [0.29, 0.717) is 42.9 Å². The first kappa shape index (κ1) is 34.7. The Morgan fingerprint density at radius 1 is 0.838 bits per heavy atom. The lowest BCUT2D eigenvalue weighted by Crippen LogP contribution is -2.36. The fourth-order valence-electron chi connectivity index (χ4n) is 4.15. The molecule has 1 aliphatic rings. The predicted octanol–water partition coefficient (Wildman–Crippen LogP) is 4.34. The van der Waals surface area contributed by atoms with E-state index in [1.165, 1.54) is 26.4 Å². The van der Waals surface area contributed by atoms with Crippen molar-refractivity contribution in [1.82, 2.24) is 14.7 Å². The second-order valence-electron chi connectivity index (χ2n) is 8.92. The van der Waals surface area contributed by atoms with Crippen molar-refractivity contribution < 1.29 is 32.2 Å². The second-order valence-corrected chi connectivity index (χ2v) is 8.92. The molecule has 37 heavy (non-hydrogen) atoms. The van der Waals surface area contributed by atoms with E-state index in [0.717, 1.165) is 12.1 Å². The lowest BCUT2D eigenvalue weighted by atomic mass is 9.78. The second kappa shape index (κ2) is 14.6. The van der Waals surface area contributed by atoms with E-state index >= 15 is 0 Å². The van der Waals surface area contributed by atoms with Gasteiger partial charge in [-0.2, -0.15) is 13.2 Å². The highest BCUT2D eigenvalue weighted by Crippen LogP contribution is 2.44. The molecule has 0 atom stereocenters. The molecule has 0 fully saturated rings. The Hall–Kier alpha value is -2.27. The Morgan fingerprint density at radius 3 is 1.51 bits per heavy atom. The molecular weight excluding hydrogens is 534 g/mol. The lowest BCUT2D eigenvalue weighted by molar-refractivity contribution is -0.138. The van der Waals surface area contributed by atoms with Gasteiger partial charge in [-0.15, -0.1) is 24.8 Å². The number of rotatable bonds is 9. The van der Waals surface area contributed by atoms with Gasteiger partial charge in [0, 0.05) is 44.4 Å². The highest BCUT2D eigenvalue weighted by molar-refractivity contribution is 6.00. The van der Waals surface area contributed by atoms with Crippen molar-refractivity contribution in [2.45, 2.75) is 24.9 Å². The maximum Gasteiger partial charge on any atom is 0.416 e. The molecule has 1 heterocycles. The Morgan fingerprint density at radius 2 is 1.22 bits per heavy atom. The summed E-state index contributed by atoms with van der Waals surface area (Å²) in [5.74, 6) is -2.24. The standard InChI is InChI=1S/C25H34F3N3O4.2ClH/c1-29(2)14-12-18-21(23(32)34-6)20(16-8-10-17(11-9-16)25(26,27)28)22(24(33)35-7)19(31(18)5)13-15-30(3)4;;/h8-11,20H,12-15H2,1-7H3;2*1H. The summed E-state index contributed by atoms with van der Waals surface area (Å²) in [6, 6.07) is 4.52. The third kappa shape index (κ3) is 8.36. The van der Waals surface area contributed by atoms with Crippen LogP contribution in [0.25, 0.3) is 0 Å². The summed E-state index contributed by atoms with van der Waals surface area (Å²) in [6.07, 6.45) is -3.59. The zero-order valence-electron chi connectivity index (χ0n) is 22.1. The van der Waals surface area contributed by atoms with Crippen LogP contribution in [0.3, 0.4) is 0 Å². The Kier molecular flexibility index (Phi) is 13.7. The van der Waals surface area contributed by atoms with Gasteiger partial charge in [0.1, 0.15) is 0 Å². The van der Waals surface area contributed by atoms with Crippen LogP contribution in [-0.4, -0.2) is 89.2 Å². The molecule has 0 bridgehead atoms. The lowest BCUT2D eigenvalue weighted by Gasteiger charge is -2.39. The summed E-state index contributed by atoms with van der Waals surface area (Å²) in [4.78, 5) is 32.0. The number of hydrogen-bond donors (Lipinski definition) is 0. The number of carbonyl (C=O) groups excluding carboxylic acids is 2. The van der Waals surface area contributed by atoms with Crippen molar-refractivity contribution >= 4 is 36.8 Å². The summed E-state index contributed by atoms with van der Waals surface area (Å²) in [5, 5.41) is 0. The van der Waals surface area contributed by atoms with Gasteiger partial charge in [-0.25, -0.2) is 9.59 Å². The first-order valence-corrected chi connectivity index (χ1v) is 11.2. The van der Waals surface area contributed by atoms with E-state index in [2.05, 4.69) is 0 Å². The zero-order valence-corrected chi connectivity index (χ0v) is 23.8. The fourth-order valence-corrected chi connectivity index (χ4v) is 4.15. The number of ether oxygens (including phenoxy) is 2. The smallest absolute Gasteiger partial charge is 0.416 e. The van der Waals surface area contributed by atoms with Gasteiger partial charge in [-0.3, -0.25) is 0 Å². The Balaban J connectivity index is 0.00000648. The van der Waals surface area contributed by atoms with Crippen LogP contribution in [0.5, 0.6) is 0 Å². The third-order valence-corrected chi connectivity index (χ3v) is 5.98. The number of nitrogens with zero attached hydrogens (tertiary/aromatic N) is 3. The Bertz CT molecular complexity index is 944. The summed E-state index contributed by atoms with van der Waals surface area (Å²) in [5.41, 5.74) is 1.28. The van der Waals surface area contributed by atoms with Gasteiger partial charge in [0.05, 0.1) is 36.8 Å². The average Bonchev–Trinajstić information content (AvgIpc) is 2.80. The summed E-state index contributed by atoms with van der Waals surface area (Å²) in [6.45, 7) is 1.21. The number of esters is 2. The van der Waals surface area contributed by atoms with Crippen LogP contribution < -0.4 is 0 Å². The quantitative estimate of drug-likeness (QED) is 0.410. The number of alkyl halides is 3. The fraction of sp³-hybridized carbons (Fsp3) is 0.520. The van der Waals surface area contributed by atoms with Gasteiger partial charge >= 0.3 is 18.1 Å². The summed E-state index contributed by atoms with van der Waals surface area (Å²) >= 11 is 0. The van der Waals surface area contributed by atoms with E-state index in [1.807, 2.05) is 42.9 Å². The maximum absolute atomic E-state index is 13.2. The maximum atomic E-state index is 13.2. The Labute approximate surface area is 229 Å². The molecule has 1 aliphatic heterocycles. The number of hydrogen-bond acceptors (Lipinski definition) is 7. The highest BCUT2D eigenvalue weighted by atomic mass is 35.5. The molecule has 1 aromatic carbocycles. The van der Waals surface area contributed by atoms with Crippen molar-refractivity contribution in [3.8, 4) is 0 Å². The molecule has 0 radical (unpaired) electrons. The monoisotopic (exact) mass is 569 g/mol. The normalized spacial score (nSPS) is 14.5. The highest BCUT2D eigenvalue weighted by Gasteiger charge is 2.42. The van der Waals surface area contributed by atoms with Gasteiger partial charge in [-0.1, -0.05) is 12.1 Å². The number of benzene rings is 1. The molecule has 0 spiro atoms. The number of carbonyl (C=O) groups is 2. The van der Waals surface area contributed by atoms with Crippen molar-refractivity contribution in [1.29, 1.82) is 0 Å². The van der Waals surface area contributed by atoms with E-state index in [9.17, 15) is 22.8 Å². The van der Waals surface area contributed by atoms with Crippen LogP contribution in [0.15, 0.2) is 46.8 Å². The molecule has 0 unspecified atom stereocenters. The third-order valence-electron chi connectivity index (χ3n) is 5.98. The molecule has 7 nitrogen and oxygen atoms in total. The van der Waals surface area contributed by atoms with Crippen molar-refractivity contribution in [2.24, 2.45) is 0 Å². The molecule has 2 rings (SSSR count). The minimum Gasteiger partial charge on any atom is -0.466 e. The van der Waals surface area contributed by atoms with E-state index in [4.69, 9.17) is 9.47 Å². The molecule has 0 aromatic heterocycles. The van der Waals surface area contributed by atoms with Gasteiger partial charge in [0.2, 0.25) is 0 Å². The van der Waals surface area contributed by atoms with Crippen molar-refractivity contribution in [3.63, 3.8) is 0 Å². The van der Waals surface area contributed by atoms with Crippen LogP contribution in [0.4, 0.5) is 13.2 Å². The van der Waals surface area contributed by atoms with Gasteiger partial charge in [0.15, 0.2) is 0 Å². The molecule has 0 saturated carbocycles. The first-order chi connectivity index (χ1) is 16.3. The van der Waals surface area contributed by atoms with Crippen molar-refractivity contribution in [2.75, 3.05) is 62.5 Å². The van der Waals surface area contributed by atoms with Crippen LogP contribution in [-0.2, 0) is 25.2 Å². The average molecular weight is 570 g/mol. The summed E-state index contributed by atoms with van der Waals surface area (Å²) in [7, 11) is 11.9. The molecule has 1 aromatic rings. The molecule has 0 N–H and O–H groups in total. The van der Waals surface area contributed by atoms with Gasteiger partial charge < -0.3 is 24.2 Å². The van der Waals surface area contributed by atoms with Crippen molar-refractivity contribution in [3.05, 3.63) is 57.9 Å². The molecule has 12 heteroatoms. The van der Waals surface area contributed by atoms with Crippen LogP contribution >= 0.6 is 24.8 Å².